The summed E-state index contributed by atoms with van der Waals surface area (Å²) in [6.07, 6.45) is 1.51. The quantitative estimate of drug-likeness (QED) is 0.645. The summed E-state index contributed by atoms with van der Waals surface area (Å²) in [5, 5.41) is 8.56. The standard InChI is InChI=1S/C24H29FN4O3/c1-16-4-3-5-21(14-16)28-24(32)29-12-10-20(11-13-29)27-23(31)22(26-17(2)30)15-18-6-8-19(25)9-7-18/h3-9,14,20,22H,10-13,15H2,1-2H3,(H,26,30)(H,27,31)(H,28,32)/t22-/m0/s1. The molecule has 4 amide bonds. The fourth-order valence-corrected chi connectivity index (χ4v) is 3.76. The van der Waals surface area contributed by atoms with Crippen LogP contribution < -0.4 is 16.0 Å². The second-order valence-corrected chi connectivity index (χ2v) is 8.15. The van der Waals surface area contributed by atoms with Crippen LogP contribution in [0.1, 0.15) is 30.9 Å². The molecular weight excluding hydrogens is 411 g/mol. The predicted molar refractivity (Wildman–Crippen MR) is 121 cm³/mol. The number of hydrogen-bond acceptors (Lipinski definition) is 3. The Kier molecular flexibility index (Phi) is 7.81. The van der Waals surface area contributed by atoms with Gasteiger partial charge in [-0.2, -0.15) is 0 Å². The van der Waals surface area contributed by atoms with E-state index >= 15 is 0 Å². The Balaban J connectivity index is 1.51. The summed E-state index contributed by atoms with van der Waals surface area (Å²) < 4.78 is 13.1. The van der Waals surface area contributed by atoms with Gasteiger partial charge in [-0.1, -0.05) is 24.3 Å². The van der Waals surface area contributed by atoms with E-state index in [0.717, 1.165) is 16.8 Å². The Hall–Kier alpha value is -3.42. The van der Waals surface area contributed by atoms with Gasteiger partial charge in [-0.15, -0.1) is 0 Å². The molecule has 1 heterocycles. The van der Waals surface area contributed by atoms with Gasteiger partial charge in [0.1, 0.15) is 11.9 Å². The summed E-state index contributed by atoms with van der Waals surface area (Å²) in [4.78, 5) is 38.6. The summed E-state index contributed by atoms with van der Waals surface area (Å²) in [7, 11) is 0. The van der Waals surface area contributed by atoms with Crippen molar-refractivity contribution in [1.29, 1.82) is 0 Å². The first-order valence-electron chi connectivity index (χ1n) is 10.7. The van der Waals surface area contributed by atoms with Crippen molar-refractivity contribution < 1.29 is 18.8 Å². The lowest BCUT2D eigenvalue weighted by atomic mass is 10.0. The maximum absolute atomic E-state index is 13.1. The Labute approximate surface area is 187 Å². The molecule has 0 aliphatic carbocycles. The van der Waals surface area contributed by atoms with Crippen LogP contribution in [0, 0.1) is 12.7 Å². The topological polar surface area (TPSA) is 90.5 Å². The molecule has 1 saturated heterocycles. The highest BCUT2D eigenvalue weighted by Gasteiger charge is 2.27. The first-order valence-corrected chi connectivity index (χ1v) is 10.7. The van der Waals surface area contributed by atoms with Crippen LogP contribution in [0.15, 0.2) is 48.5 Å². The van der Waals surface area contributed by atoms with Crippen molar-refractivity contribution in [2.75, 3.05) is 18.4 Å². The number of piperidine rings is 1. The molecule has 1 aliphatic rings. The van der Waals surface area contributed by atoms with Gasteiger partial charge in [0, 0.05) is 38.2 Å². The van der Waals surface area contributed by atoms with Crippen LogP contribution >= 0.6 is 0 Å². The molecule has 3 rings (SSSR count). The van der Waals surface area contributed by atoms with E-state index in [1.807, 2.05) is 31.2 Å². The van der Waals surface area contributed by atoms with Crippen LogP contribution in [0.3, 0.4) is 0 Å². The number of anilines is 1. The molecule has 1 atom stereocenters. The number of hydrogen-bond donors (Lipinski definition) is 3. The van der Waals surface area contributed by atoms with Gasteiger partial charge in [0.15, 0.2) is 0 Å². The smallest absolute Gasteiger partial charge is 0.321 e. The molecule has 0 bridgehead atoms. The molecule has 2 aromatic rings. The SMILES string of the molecule is CC(=O)N[C@@H](Cc1ccc(F)cc1)C(=O)NC1CCN(C(=O)Nc2cccc(C)c2)CC1. The van der Waals surface area contributed by atoms with Crippen LogP contribution in [0.25, 0.3) is 0 Å². The van der Waals surface area contributed by atoms with Crippen LogP contribution in [0.5, 0.6) is 0 Å². The highest BCUT2D eigenvalue weighted by Crippen LogP contribution is 2.15. The number of carbonyl (C=O) groups is 3. The van der Waals surface area contributed by atoms with Crippen LogP contribution in [0.2, 0.25) is 0 Å². The number of amides is 4. The molecule has 0 spiro atoms. The van der Waals surface area contributed by atoms with Crippen molar-refractivity contribution >= 4 is 23.5 Å². The number of benzene rings is 2. The summed E-state index contributed by atoms with van der Waals surface area (Å²) in [5.41, 5.74) is 2.57. The van der Waals surface area contributed by atoms with Gasteiger partial charge in [-0.3, -0.25) is 9.59 Å². The number of rotatable bonds is 6. The zero-order valence-corrected chi connectivity index (χ0v) is 18.4. The molecule has 1 fully saturated rings. The third kappa shape index (κ3) is 6.80. The van der Waals surface area contributed by atoms with E-state index in [4.69, 9.17) is 0 Å². The molecule has 7 nitrogen and oxygen atoms in total. The Bertz CT molecular complexity index is 956. The Morgan fingerprint density at radius 3 is 2.41 bits per heavy atom. The molecule has 2 aromatic carbocycles. The predicted octanol–water partition coefficient (Wildman–Crippen LogP) is 2.99. The Morgan fingerprint density at radius 1 is 1.09 bits per heavy atom. The molecule has 8 heteroatoms. The summed E-state index contributed by atoms with van der Waals surface area (Å²) >= 11 is 0. The van der Waals surface area contributed by atoms with Gasteiger partial charge >= 0.3 is 6.03 Å². The molecule has 1 aliphatic heterocycles. The van der Waals surface area contributed by atoms with Crippen molar-refractivity contribution in [2.24, 2.45) is 0 Å². The minimum Gasteiger partial charge on any atom is -0.351 e. The lowest BCUT2D eigenvalue weighted by Crippen LogP contribution is -2.53. The van der Waals surface area contributed by atoms with Gasteiger partial charge in [-0.25, -0.2) is 9.18 Å². The number of aryl methyl sites for hydroxylation is 1. The number of nitrogens with zero attached hydrogens (tertiary/aromatic N) is 1. The monoisotopic (exact) mass is 440 g/mol. The van der Waals surface area contributed by atoms with E-state index in [0.29, 0.717) is 25.9 Å². The van der Waals surface area contributed by atoms with Crippen molar-refractivity contribution in [1.82, 2.24) is 15.5 Å². The zero-order valence-electron chi connectivity index (χ0n) is 18.4. The third-order valence-electron chi connectivity index (χ3n) is 5.44. The van der Waals surface area contributed by atoms with Gasteiger partial charge in [0.25, 0.3) is 0 Å². The lowest BCUT2D eigenvalue weighted by Gasteiger charge is -2.33. The minimum atomic E-state index is -0.749. The molecule has 0 radical (unpaired) electrons. The van der Waals surface area contributed by atoms with Crippen molar-refractivity contribution in [2.45, 2.75) is 45.2 Å². The lowest BCUT2D eigenvalue weighted by molar-refractivity contribution is -0.128. The van der Waals surface area contributed by atoms with Crippen LogP contribution in [0.4, 0.5) is 14.9 Å². The largest absolute Gasteiger partial charge is 0.351 e. The average molecular weight is 441 g/mol. The summed E-state index contributed by atoms with van der Waals surface area (Å²) in [6, 6.07) is 12.5. The van der Waals surface area contributed by atoms with Gasteiger partial charge in [-0.05, 0) is 55.2 Å². The maximum Gasteiger partial charge on any atom is 0.321 e. The van der Waals surface area contributed by atoms with E-state index in [-0.39, 0.29) is 36.1 Å². The molecule has 0 unspecified atom stereocenters. The number of halogens is 1. The molecule has 170 valence electrons. The van der Waals surface area contributed by atoms with Crippen molar-refractivity contribution in [3.05, 3.63) is 65.5 Å². The average Bonchev–Trinajstić information content (AvgIpc) is 2.75. The molecule has 0 aromatic heterocycles. The van der Waals surface area contributed by atoms with Crippen molar-refractivity contribution in [3.8, 4) is 0 Å². The second kappa shape index (κ2) is 10.7. The van der Waals surface area contributed by atoms with Gasteiger partial charge in [0.2, 0.25) is 11.8 Å². The minimum absolute atomic E-state index is 0.0880. The normalized spacial score (nSPS) is 15.0. The highest BCUT2D eigenvalue weighted by atomic mass is 19.1. The van der Waals surface area contributed by atoms with Crippen LogP contribution in [-0.2, 0) is 16.0 Å². The maximum atomic E-state index is 13.1. The molecular formula is C24H29FN4O3. The van der Waals surface area contributed by atoms with Crippen LogP contribution in [-0.4, -0.2) is 47.9 Å². The number of likely N-dealkylation sites (tertiary alicyclic amines) is 1. The van der Waals surface area contributed by atoms with Crippen molar-refractivity contribution in [3.63, 3.8) is 0 Å². The first-order chi connectivity index (χ1) is 15.3. The van der Waals surface area contributed by atoms with E-state index in [2.05, 4.69) is 16.0 Å². The molecule has 0 saturated carbocycles. The first kappa shape index (κ1) is 23.2. The molecule has 3 N–H and O–H groups in total. The Morgan fingerprint density at radius 2 is 1.78 bits per heavy atom. The fraction of sp³-hybridized carbons (Fsp3) is 0.375. The fourth-order valence-electron chi connectivity index (χ4n) is 3.76. The number of urea groups is 1. The van der Waals surface area contributed by atoms with E-state index < -0.39 is 6.04 Å². The van der Waals surface area contributed by atoms with Gasteiger partial charge in [0.05, 0.1) is 0 Å². The molecule has 32 heavy (non-hydrogen) atoms. The summed E-state index contributed by atoms with van der Waals surface area (Å²) in [5.74, 6) is -0.949. The van der Waals surface area contributed by atoms with E-state index in [9.17, 15) is 18.8 Å². The number of nitrogens with one attached hydrogen (secondary N) is 3. The zero-order chi connectivity index (χ0) is 23.1. The third-order valence-corrected chi connectivity index (χ3v) is 5.44. The number of carbonyl (C=O) groups excluding carboxylic acids is 3. The van der Waals surface area contributed by atoms with Gasteiger partial charge < -0.3 is 20.9 Å². The van der Waals surface area contributed by atoms with E-state index in [1.54, 1.807) is 17.0 Å². The highest BCUT2D eigenvalue weighted by molar-refractivity contribution is 5.89. The van der Waals surface area contributed by atoms with E-state index in [1.165, 1.54) is 19.1 Å². The summed E-state index contributed by atoms with van der Waals surface area (Å²) in [6.45, 7) is 4.36. The second-order valence-electron chi connectivity index (χ2n) is 8.15.